The molecule has 0 saturated heterocycles. The van der Waals surface area contributed by atoms with Crippen molar-refractivity contribution in [1.82, 2.24) is 14.3 Å². The van der Waals surface area contributed by atoms with Crippen LogP contribution in [0.5, 0.6) is 0 Å². The van der Waals surface area contributed by atoms with E-state index in [1.54, 1.807) is 22.8 Å². The Morgan fingerprint density at radius 1 is 1.17 bits per heavy atom. The molecule has 6 heteroatoms. The van der Waals surface area contributed by atoms with Crippen molar-refractivity contribution in [2.24, 2.45) is 0 Å². The summed E-state index contributed by atoms with van der Waals surface area (Å²) < 4.78 is 3.21. The summed E-state index contributed by atoms with van der Waals surface area (Å²) in [6.45, 7) is 8.03. The highest BCUT2D eigenvalue weighted by Gasteiger charge is 2.15. The second-order valence-electron chi connectivity index (χ2n) is 7.20. The van der Waals surface area contributed by atoms with Crippen molar-refractivity contribution in [1.29, 1.82) is 0 Å². The topological polar surface area (TPSA) is 77.1 Å². The van der Waals surface area contributed by atoms with Gasteiger partial charge < -0.3 is 5.11 Å². The lowest BCUT2D eigenvalue weighted by Crippen LogP contribution is -2.27. The third-order valence-electron chi connectivity index (χ3n) is 4.79. The van der Waals surface area contributed by atoms with Gasteiger partial charge in [0.2, 0.25) is 0 Å². The molecule has 0 aliphatic carbocycles. The summed E-state index contributed by atoms with van der Waals surface area (Å²) >= 11 is 0. The number of hydrogen-bond donors (Lipinski definition) is 1. The van der Waals surface area contributed by atoms with Gasteiger partial charge in [0, 0.05) is 6.42 Å². The first-order valence-electron chi connectivity index (χ1n) is 9.63. The monoisotopic (exact) mass is 391 g/mol. The molecule has 0 spiro atoms. The maximum atomic E-state index is 12.8. The van der Waals surface area contributed by atoms with E-state index in [1.807, 2.05) is 50.3 Å². The number of carboxylic acid groups (broad SMARTS) is 1. The van der Waals surface area contributed by atoms with Crippen molar-refractivity contribution in [2.45, 2.75) is 39.3 Å². The lowest BCUT2D eigenvalue weighted by Gasteiger charge is -2.09. The van der Waals surface area contributed by atoms with Crippen LogP contribution in [0.2, 0.25) is 0 Å². The Hall–Kier alpha value is -3.41. The number of benzene rings is 2. The molecule has 0 saturated carbocycles. The largest absolute Gasteiger partial charge is 0.478 e. The van der Waals surface area contributed by atoms with E-state index in [0.29, 0.717) is 18.5 Å². The average Bonchev–Trinajstić information content (AvgIpc) is 3.02. The Morgan fingerprint density at radius 2 is 1.86 bits per heavy atom. The van der Waals surface area contributed by atoms with Crippen LogP contribution >= 0.6 is 0 Å². The minimum atomic E-state index is -0.954. The normalized spacial score (nSPS) is 11.0. The summed E-state index contributed by atoms with van der Waals surface area (Å²) in [4.78, 5) is 24.2. The lowest BCUT2D eigenvalue weighted by atomic mass is 9.99. The van der Waals surface area contributed by atoms with Crippen LogP contribution in [-0.2, 0) is 13.0 Å². The van der Waals surface area contributed by atoms with E-state index >= 15 is 0 Å². The Labute approximate surface area is 169 Å². The minimum Gasteiger partial charge on any atom is -0.478 e. The lowest BCUT2D eigenvalue weighted by molar-refractivity contribution is 0.0697. The van der Waals surface area contributed by atoms with Gasteiger partial charge in [-0.05, 0) is 43.0 Å². The fraction of sp³-hybridized carbons (Fsp3) is 0.261. The second-order valence-corrected chi connectivity index (χ2v) is 7.20. The fourth-order valence-electron chi connectivity index (χ4n) is 3.26. The Bertz CT molecular complexity index is 1080. The van der Waals surface area contributed by atoms with Crippen molar-refractivity contribution in [3.8, 4) is 11.1 Å². The molecule has 1 N–H and O–H groups in total. The molecular weight excluding hydrogens is 366 g/mol. The standard InChI is InChI=1S/C23H25N3O3/c1-4-5-10-21-24-26(16(2)3)23(29)25(21)15-17-11-13-18(14-12-17)19-8-6-7-9-20(19)22(27)28/h4,6-9,11-14,16H,1,5,10,15H2,2-3H3,(H,27,28). The molecule has 0 aliphatic rings. The first kappa shape index (κ1) is 20.3. The van der Waals surface area contributed by atoms with Gasteiger partial charge in [-0.1, -0.05) is 48.5 Å². The van der Waals surface area contributed by atoms with Crippen LogP contribution in [0, 0.1) is 0 Å². The third kappa shape index (κ3) is 4.37. The fourth-order valence-corrected chi connectivity index (χ4v) is 3.26. The molecule has 3 aromatic rings. The second kappa shape index (κ2) is 8.73. The van der Waals surface area contributed by atoms with Crippen LogP contribution < -0.4 is 5.69 Å². The number of carboxylic acids is 1. The van der Waals surface area contributed by atoms with Crippen molar-refractivity contribution < 1.29 is 9.90 Å². The van der Waals surface area contributed by atoms with Gasteiger partial charge in [-0.15, -0.1) is 6.58 Å². The van der Waals surface area contributed by atoms with E-state index in [1.165, 1.54) is 4.68 Å². The highest BCUT2D eigenvalue weighted by molar-refractivity contribution is 5.95. The molecule has 1 heterocycles. The summed E-state index contributed by atoms with van der Waals surface area (Å²) in [5.41, 5.74) is 2.58. The molecular formula is C23H25N3O3. The molecule has 0 fully saturated rings. The molecule has 0 unspecified atom stereocenters. The van der Waals surface area contributed by atoms with E-state index in [0.717, 1.165) is 23.4 Å². The predicted octanol–water partition coefficient (Wildman–Crippen LogP) is 4.16. The highest BCUT2D eigenvalue weighted by Crippen LogP contribution is 2.24. The Balaban J connectivity index is 1.92. The van der Waals surface area contributed by atoms with Gasteiger partial charge in [-0.3, -0.25) is 4.57 Å². The molecule has 0 radical (unpaired) electrons. The molecule has 3 rings (SSSR count). The summed E-state index contributed by atoms with van der Waals surface area (Å²) in [6.07, 6.45) is 3.22. The SMILES string of the molecule is C=CCCc1nn(C(C)C)c(=O)n1Cc1ccc(-c2ccccc2C(=O)O)cc1. The van der Waals surface area contributed by atoms with Gasteiger partial charge in [0.15, 0.2) is 0 Å². The average molecular weight is 391 g/mol. The Kier molecular flexibility index (Phi) is 6.12. The molecule has 0 atom stereocenters. The summed E-state index contributed by atoms with van der Waals surface area (Å²) in [5.74, 6) is -0.215. The number of allylic oxidation sites excluding steroid dienone is 1. The van der Waals surface area contributed by atoms with Crippen LogP contribution in [0.3, 0.4) is 0 Å². The molecule has 150 valence electrons. The van der Waals surface area contributed by atoms with E-state index in [4.69, 9.17) is 0 Å². The molecule has 1 aromatic heterocycles. The maximum Gasteiger partial charge on any atom is 0.346 e. The molecule has 0 bridgehead atoms. The van der Waals surface area contributed by atoms with Crippen molar-refractivity contribution in [3.63, 3.8) is 0 Å². The number of aromatic nitrogens is 3. The van der Waals surface area contributed by atoms with Crippen LogP contribution in [-0.4, -0.2) is 25.4 Å². The first-order valence-corrected chi connectivity index (χ1v) is 9.63. The summed E-state index contributed by atoms with van der Waals surface area (Å²) in [7, 11) is 0. The van der Waals surface area contributed by atoms with E-state index < -0.39 is 5.97 Å². The number of hydrogen-bond acceptors (Lipinski definition) is 3. The van der Waals surface area contributed by atoms with Crippen molar-refractivity contribution >= 4 is 5.97 Å². The first-order chi connectivity index (χ1) is 13.9. The zero-order valence-electron chi connectivity index (χ0n) is 16.7. The van der Waals surface area contributed by atoms with Gasteiger partial charge in [-0.25, -0.2) is 14.3 Å². The number of aromatic carboxylic acids is 1. The smallest absolute Gasteiger partial charge is 0.346 e. The molecule has 2 aromatic carbocycles. The zero-order chi connectivity index (χ0) is 21.0. The van der Waals surface area contributed by atoms with Gasteiger partial charge >= 0.3 is 11.7 Å². The molecule has 0 amide bonds. The summed E-state index contributed by atoms with van der Waals surface area (Å²) in [5, 5.41) is 13.9. The zero-order valence-corrected chi connectivity index (χ0v) is 16.7. The predicted molar refractivity (Wildman–Crippen MR) is 113 cm³/mol. The molecule has 29 heavy (non-hydrogen) atoms. The summed E-state index contributed by atoms with van der Waals surface area (Å²) in [6, 6.07) is 14.5. The number of aryl methyl sites for hydroxylation is 1. The number of nitrogens with zero attached hydrogens (tertiary/aromatic N) is 3. The quantitative estimate of drug-likeness (QED) is 0.585. The van der Waals surface area contributed by atoms with E-state index in [9.17, 15) is 14.7 Å². The number of carbonyl (C=O) groups is 1. The van der Waals surface area contributed by atoms with Crippen molar-refractivity contribution in [2.75, 3.05) is 0 Å². The van der Waals surface area contributed by atoms with Gasteiger partial charge in [0.05, 0.1) is 18.2 Å². The van der Waals surface area contributed by atoms with Crippen LogP contribution in [0.25, 0.3) is 11.1 Å². The van der Waals surface area contributed by atoms with Gasteiger partial charge in [-0.2, -0.15) is 5.10 Å². The minimum absolute atomic E-state index is 0.0128. The molecule has 0 aliphatic heterocycles. The van der Waals surface area contributed by atoms with Crippen LogP contribution in [0.1, 0.15) is 48.1 Å². The Morgan fingerprint density at radius 3 is 2.48 bits per heavy atom. The van der Waals surface area contributed by atoms with Crippen LogP contribution in [0.4, 0.5) is 0 Å². The van der Waals surface area contributed by atoms with Gasteiger partial charge in [0.25, 0.3) is 0 Å². The van der Waals surface area contributed by atoms with E-state index in [-0.39, 0.29) is 17.3 Å². The van der Waals surface area contributed by atoms with Gasteiger partial charge in [0.1, 0.15) is 5.82 Å². The van der Waals surface area contributed by atoms with E-state index in [2.05, 4.69) is 11.7 Å². The third-order valence-corrected chi connectivity index (χ3v) is 4.79. The van der Waals surface area contributed by atoms with Crippen molar-refractivity contribution in [3.05, 3.63) is 88.6 Å². The highest BCUT2D eigenvalue weighted by atomic mass is 16.4. The number of rotatable bonds is 8. The van der Waals surface area contributed by atoms with Crippen LogP contribution in [0.15, 0.2) is 66.0 Å². The maximum absolute atomic E-state index is 12.8. The molecule has 6 nitrogen and oxygen atoms in total.